The number of benzene rings is 2. The van der Waals surface area contributed by atoms with Gasteiger partial charge in [0.1, 0.15) is 11.1 Å². The van der Waals surface area contributed by atoms with E-state index >= 15 is 0 Å². The Bertz CT molecular complexity index is 1530. The number of aliphatic hydroxyl groups excluding tert-OH is 1. The Hall–Kier alpha value is -4.11. The predicted octanol–water partition coefficient (Wildman–Crippen LogP) is 4.78. The quantitative estimate of drug-likeness (QED) is 0.253. The topological polar surface area (TPSA) is 130 Å². The van der Waals surface area contributed by atoms with Crippen LogP contribution in [0.5, 0.6) is 0 Å². The van der Waals surface area contributed by atoms with E-state index in [1.54, 1.807) is 4.57 Å². The molecule has 2 aliphatic rings. The van der Waals surface area contributed by atoms with Gasteiger partial charge in [-0.05, 0) is 49.1 Å². The highest BCUT2D eigenvalue weighted by Gasteiger charge is 2.40. The van der Waals surface area contributed by atoms with Gasteiger partial charge in [-0.2, -0.15) is 4.98 Å². The summed E-state index contributed by atoms with van der Waals surface area (Å²) in [5.41, 5.74) is 2.72. The van der Waals surface area contributed by atoms with Crippen molar-refractivity contribution in [3.63, 3.8) is 0 Å². The molecule has 0 bridgehead atoms. The number of hydrogen-bond donors (Lipinski definition) is 4. The van der Waals surface area contributed by atoms with E-state index in [9.17, 15) is 19.8 Å². The summed E-state index contributed by atoms with van der Waals surface area (Å²) in [5, 5.41) is 24.9. The molecule has 0 radical (unpaired) electrons. The monoisotopic (exact) mass is 514 g/mol. The Kier molecular flexibility index (Phi) is 6.15. The fourth-order valence-electron chi connectivity index (χ4n) is 5.36. The third kappa shape index (κ3) is 4.32. The summed E-state index contributed by atoms with van der Waals surface area (Å²) in [6.07, 6.45) is 3.61. The summed E-state index contributed by atoms with van der Waals surface area (Å²) < 4.78 is 7.98. The number of rotatable bonds is 9. The van der Waals surface area contributed by atoms with Gasteiger partial charge in [-0.25, -0.2) is 4.79 Å². The Morgan fingerprint density at radius 3 is 2.42 bits per heavy atom. The van der Waals surface area contributed by atoms with E-state index in [1.807, 2.05) is 54.6 Å². The molecule has 196 valence electrons. The molecule has 0 aliphatic heterocycles. The van der Waals surface area contributed by atoms with Crippen LogP contribution in [0.4, 0.5) is 10.7 Å². The molecule has 9 heteroatoms. The molecule has 9 nitrogen and oxygen atoms in total. The Morgan fingerprint density at radius 1 is 1.08 bits per heavy atom. The summed E-state index contributed by atoms with van der Waals surface area (Å²) in [7, 11) is 0. The number of fused-ring (bicyclic) bond motifs is 1. The molecule has 0 spiro atoms. The molecule has 2 aliphatic carbocycles. The molecular formula is C29H30N4O5. The zero-order chi connectivity index (χ0) is 26.3. The number of hydrogen-bond acceptors (Lipinski definition) is 6. The van der Waals surface area contributed by atoms with Crippen LogP contribution >= 0.6 is 0 Å². The molecule has 38 heavy (non-hydrogen) atoms. The average Bonchev–Trinajstić information content (AvgIpc) is 3.64. The van der Waals surface area contributed by atoms with E-state index in [0.29, 0.717) is 35.1 Å². The minimum absolute atomic E-state index is 0.0828. The molecular weight excluding hydrogens is 484 g/mol. The van der Waals surface area contributed by atoms with Crippen molar-refractivity contribution in [1.82, 2.24) is 14.9 Å². The highest BCUT2D eigenvalue weighted by molar-refractivity contribution is 6.00. The van der Waals surface area contributed by atoms with Gasteiger partial charge in [0.2, 0.25) is 11.7 Å². The lowest BCUT2D eigenvalue weighted by Crippen LogP contribution is -2.50. The number of nitrogens with one attached hydrogen (secondary N) is 2. The van der Waals surface area contributed by atoms with Crippen LogP contribution in [0.3, 0.4) is 0 Å². The maximum absolute atomic E-state index is 13.9. The second-order valence-corrected chi connectivity index (χ2v) is 10.2. The minimum atomic E-state index is -1.03. The molecule has 0 saturated heterocycles. The van der Waals surface area contributed by atoms with Gasteiger partial charge in [0.25, 0.3) is 5.56 Å². The number of nitrogens with zero attached hydrogens (tertiary/aromatic N) is 2. The van der Waals surface area contributed by atoms with Crippen LogP contribution in [-0.2, 0) is 12.1 Å². The molecule has 2 saturated carbocycles. The Morgan fingerprint density at radius 2 is 1.82 bits per heavy atom. The van der Waals surface area contributed by atoms with E-state index in [0.717, 1.165) is 48.8 Å². The summed E-state index contributed by atoms with van der Waals surface area (Å²) in [4.78, 5) is 30.1. The van der Waals surface area contributed by atoms with Gasteiger partial charge in [0, 0.05) is 24.2 Å². The number of aromatic nitrogens is 2. The first-order valence-corrected chi connectivity index (χ1v) is 13.1. The highest BCUT2D eigenvalue weighted by Crippen LogP contribution is 2.43. The normalized spacial score (nSPS) is 16.2. The lowest BCUT2D eigenvalue weighted by Gasteiger charge is -2.42. The van der Waals surface area contributed by atoms with Crippen LogP contribution in [0.2, 0.25) is 0 Å². The van der Waals surface area contributed by atoms with E-state index in [1.165, 1.54) is 0 Å². The van der Waals surface area contributed by atoms with Crippen LogP contribution < -0.4 is 16.2 Å². The van der Waals surface area contributed by atoms with Gasteiger partial charge >= 0.3 is 6.09 Å². The van der Waals surface area contributed by atoms with Crippen LogP contribution in [0.25, 0.3) is 33.6 Å². The van der Waals surface area contributed by atoms with E-state index in [2.05, 4.69) is 10.6 Å². The summed E-state index contributed by atoms with van der Waals surface area (Å²) in [6, 6.07) is 17.4. The lowest BCUT2D eigenvalue weighted by atomic mass is 9.72. The third-order valence-electron chi connectivity index (χ3n) is 7.66. The van der Waals surface area contributed by atoms with Crippen LogP contribution in [-0.4, -0.2) is 39.0 Å². The fourth-order valence-corrected chi connectivity index (χ4v) is 5.36. The predicted molar refractivity (Wildman–Crippen MR) is 144 cm³/mol. The summed E-state index contributed by atoms with van der Waals surface area (Å²) in [5.74, 6) is 1.37. The van der Waals surface area contributed by atoms with Gasteiger partial charge < -0.3 is 25.3 Å². The smallest absolute Gasteiger partial charge is 0.405 e. The van der Waals surface area contributed by atoms with Crippen molar-refractivity contribution in [3.05, 3.63) is 70.5 Å². The van der Waals surface area contributed by atoms with Crippen molar-refractivity contribution < 1.29 is 19.4 Å². The SMILES string of the molecule is O=C(O)NC1(c2ccc(-c3oc4nc(NCCO)n(CC5CC5)c(=O)c4c3-c3ccccc3)cc2)CCC1. The molecule has 2 heterocycles. The first-order chi connectivity index (χ1) is 18.5. The largest absolute Gasteiger partial charge is 0.465 e. The second-order valence-electron chi connectivity index (χ2n) is 10.2. The Balaban J connectivity index is 1.51. The van der Waals surface area contributed by atoms with Gasteiger partial charge in [-0.3, -0.25) is 9.36 Å². The van der Waals surface area contributed by atoms with E-state index in [-0.39, 0.29) is 24.4 Å². The molecule has 1 amide bonds. The summed E-state index contributed by atoms with van der Waals surface area (Å²) in [6.45, 7) is 0.757. The number of amides is 1. The maximum Gasteiger partial charge on any atom is 0.405 e. The zero-order valence-corrected chi connectivity index (χ0v) is 20.9. The van der Waals surface area contributed by atoms with Crippen molar-refractivity contribution in [2.75, 3.05) is 18.5 Å². The number of anilines is 1. The molecule has 0 unspecified atom stereocenters. The highest BCUT2D eigenvalue weighted by atomic mass is 16.4. The van der Waals surface area contributed by atoms with Crippen molar-refractivity contribution in [2.45, 2.75) is 44.2 Å². The number of furan rings is 1. The van der Waals surface area contributed by atoms with Gasteiger partial charge in [-0.1, -0.05) is 54.6 Å². The van der Waals surface area contributed by atoms with Crippen molar-refractivity contribution in [2.24, 2.45) is 5.92 Å². The van der Waals surface area contributed by atoms with Crippen LogP contribution in [0, 0.1) is 5.92 Å². The molecule has 4 aromatic rings. The van der Waals surface area contributed by atoms with Crippen LogP contribution in [0.1, 0.15) is 37.7 Å². The zero-order valence-electron chi connectivity index (χ0n) is 20.9. The summed E-state index contributed by atoms with van der Waals surface area (Å²) >= 11 is 0. The van der Waals surface area contributed by atoms with Gasteiger partial charge in [0.15, 0.2) is 0 Å². The molecule has 2 aromatic heterocycles. The van der Waals surface area contributed by atoms with E-state index in [4.69, 9.17) is 9.40 Å². The molecule has 4 N–H and O–H groups in total. The van der Waals surface area contributed by atoms with Gasteiger partial charge in [0.05, 0.1) is 12.1 Å². The first-order valence-electron chi connectivity index (χ1n) is 13.1. The van der Waals surface area contributed by atoms with E-state index < -0.39 is 11.6 Å². The van der Waals surface area contributed by atoms with Crippen molar-refractivity contribution in [1.29, 1.82) is 0 Å². The van der Waals surface area contributed by atoms with Crippen LogP contribution in [0.15, 0.2) is 63.8 Å². The number of carboxylic acid groups (broad SMARTS) is 1. The molecule has 6 rings (SSSR count). The number of carbonyl (C=O) groups is 1. The van der Waals surface area contributed by atoms with Crippen molar-refractivity contribution >= 4 is 23.1 Å². The van der Waals surface area contributed by atoms with Crippen molar-refractivity contribution in [3.8, 4) is 22.5 Å². The first kappa shape index (κ1) is 24.2. The molecule has 2 fully saturated rings. The third-order valence-corrected chi connectivity index (χ3v) is 7.66. The maximum atomic E-state index is 13.9. The fraction of sp³-hybridized carbons (Fsp3) is 0.345. The average molecular weight is 515 g/mol. The standard InChI is InChI=1S/C29H30N4O5/c34-16-15-30-27-31-25-23(26(35)33(27)17-18-7-8-18)22(19-5-2-1-3-6-19)24(38-25)20-9-11-21(12-10-20)29(13-4-14-29)32-28(36)37/h1-3,5-6,9-12,18,32,34H,4,7-8,13-17H2,(H,30,31)(H,36,37). The Labute approximate surface area is 219 Å². The second kappa shape index (κ2) is 9.64. The number of aliphatic hydroxyl groups is 1. The molecule has 0 atom stereocenters. The molecule has 2 aromatic carbocycles. The lowest BCUT2D eigenvalue weighted by molar-refractivity contribution is 0.144. The minimum Gasteiger partial charge on any atom is -0.465 e. The van der Waals surface area contributed by atoms with Gasteiger partial charge in [-0.15, -0.1) is 0 Å².